The van der Waals surface area contributed by atoms with Crippen molar-refractivity contribution in [1.29, 1.82) is 0 Å². The van der Waals surface area contributed by atoms with Crippen LogP contribution in [0.25, 0.3) is 0 Å². The van der Waals surface area contributed by atoms with Crippen LogP contribution in [0.2, 0.25) is 0 Å². The van der Waals surface area contributed by atoms with E-state index in [1.807, 2.05) is 44.2 Å². The molecule has 0 radical (unpaired) electrons. The molecule has 1 atom stereocenters. The molecule has 0 bridgehead atoms. The van der Waals surface area contributed by atoms with E-state index >= 15 is 0 Å². The van der Waals surface area contributed by atoms with Crippen molar-refractivity contribution >= 4 is 10.0 Å². The quantitative estimate of drug-likeness (QED) is 0.860. The highest BCUT2D eigenvalue weighted by atomic mass is 32.2. The van der Waals surface area contributed by atoms with Crippen molar-refractivity contribution in [3.8, 4) is 0 Å². The number of hydrogen-bond donors (Lipinski definition) is 1. The maximum Gasteiger partial charge on any atom is 0.218 e. The third-order valence-electron chi connectivity index (χ3n) is 2.52. The summed E-state index contributed by atoms with van der Waals surface area (Å²) in [6.45, 7) is 4.06. The molecule has 1 rings (SSSR count). The van der Waals surface area contributed by atoms with Crippen LogP contribution in [0.5, 0.6) is 0 Å². The van der Waals surface area contributed by atoms with Gasteiger partial charge in [0, 0.05) is 0 Å². The molecule has 1 unspecified atom stereocenters. The van der Waals surface area contributed by atoms with Gasteiger partial charge in [0.2, 0.25) is 10.0 Å². The Morgan fingerprint density at radius 1 is 1.19 bits per heavy atom. The molecule has 90 valence electrons. The second-order valence-electron chi connectivity index (χ2n) is 4.28. The van der Waals surface area contributed by atoms with Crippen LogP contribution in [0.15, 0.2) is 30.3 Å². The van der Waals surface area contributed by atoms with Crippen LogP contribution in [0.3, 0.4) is 0 Å². The summed E-state index contributed by atoms with van der Waals surface area (Å²) >= 11 is 0. The topological polar surface area (TPSA) is 46.2 Å². The maximum absolute atomic E-state index is 11.9. The Balaban J connectivity index is 3.07. The van der Waals surface area contributed by atoms with E-state index in [0.29, 0.717) is 12.3 Å². The Morgan fingerprint density at radius 2 is 1.75 bits per heavy atom. The molecule has 0 saturated heterocycles. The fraction of sp³-hybridized carbons (Fsp3) is 0.500. The van der Waals surface area contributed by atoms with Gasteiger partial charge in [-0.1, -0.05) is 44.2 Å². The van der Waals surface area contributed by atoms with Gasteiger partial charge in [0.1, 0.15) is 5.25 Å². The van der Waals surface area contributed by atoms with Crippen LogP contribution in [0, 0.1) is 5.92 Å². The van der Waals surface area contributed by atoms with E-state index in [0.717, 1.165) is 5.56 Å². The Kier molecular flexibility index (Phi) is 4.50. The molecular formula is C12H19NO2S. The van der Waals surface area contributed by atoms with Crippen molar-refractivity contribution in [3.63, 3.8) is 0 Å². The lowest BCUT2D eigenvalue weighted by molar-refractivity contribution is 0.526. The zero-order valence-electron chi connectivity index (χ0n) is 9.97. The van der Waals surface area contributed by atoms with Gasteiger partial charge in [-0.15, -0.1) is 0 Å². The van der Waals surface area contributed by atoms with Gasteiger partial charge in [-0.2, -0.15) is 0 Å². The first-order chi connectivity index (χ1) is 7.47. The van der Waals surface area contributed by atoms with Crippen LogP contribution in [-0.4, -0.2) is 15.5 Å². The van der Waals surface area contributed by atoms with Crippen LogP contribution in [-0.2, 0) is 10.0 Å². The first kappa shape index (κ1) is 13.2. The van der Waals surface area contributed by atoms with Crippen molar-refractivity contribution in [1.82, 2.24) is 4.72 Å². The van der Waals surface area contributed by atoms with Crippen LogP contribution in [0.4, 0.5) is 0 Å². The van der Waals surface area contributed by atoms with Crippen LogP contribution < -0.4 is 4.72 Å². The molecule has 0 aliphatic carbocycles. The predicted molar refractivity (Wildman–Crippen MR) is 66.6 cm³/mol. The summed E-state index contributed by atoms with van der Waals surface area (Å²) in [5.74, 6) is 0.341. The lowest BCUT2D eigenvalue weighted by Crippen LogP contribution is -2.26. The summed E-state index contributed by atoms with van der Waals surface area (Å²) < 4.78 is 26.3. The molecule has 0 fully saturated rings. The van der Waals surface area contributed by atoms with E-state index in [9.17, 15) is 8.42 Å². The van der Waals surface area contributed by atoms with Gasteiger partial charge in [0.25, 0.3) is 0 Å². The fourth-order valence-corrected chi connectivity index (χ4v) is 3.12. The molecule has 4 heteroatoms. The van der Waals surface area contributed by atoms with E-state index in [1.165, 1.54) is 7.05 Å². The fourth-order valence-electron chi connectivity index (χ4n) is 1.68. The molecule has 0 aromatic heterocycles. The van der Waals surface area contributed by atoms with E-state index in [4.69, 9.17) is 0 Å². The third kappa shape index (κ3) is 3.32. The Labute approximate surface area is 97.9 Å². The summed E-state index contributed by atoms with van der Waals surface area (Å²) in [4.78, 5) is 0. The molecule has 0 amide bonds. The number of rotatable bonds is 5. The van der Waals surface area contributed by atoms with Crippen LogP contribution in [0.1, 0.15) is 31.1 Å². The molecule has 0 aliphatic rings. The van der Waals surface area contributed by atoms with Crippen molar-refractivity contribution in [2.75, 3.05) is 7.05 Å². The van der Waals surface area contributed by atoms with Crippen molar-refractivity contribution in [3.05, 3.63) is 35.9 Å². The minimum atomic E-state index is -3.26. The second kappa shape index (κ2) is 5.46. The predicted octanol–water partition coefficient (Wildman–Crippen LogP) is 2.32. The van der Waals surface area contributed by atoms with Gasteiger partial charge in [0.05, 0.1) is 0 Å². The summed E-state index contributed by atoms with van der Waals surface area (Å²) in [5.41, 5.74) is 0.852. The number of nitrogens with one attached hydrogen (secondary N) is 1. The van der Waals surface area contributed by atoms with E-state index in [1.54, 1.807) is 0 Å². The van der Waals surface area contributed by atoms with Crippen molar-refractivity contribution in [2.45, 2.75) is 25.5 Å². The largest absolute Gasteiger partial charge is 0.218 e. The van der Waals surface area contributed by atoms with Gasteiger partial charge in [-0.05, 0) is 24.9 Å². The van der Waals surface area contributed by atoms with E-state index in [-0.39, 0.29) is 0 Å². The SMILES string of the molecule is CNS(=O)(=O)C(CC(C)C)c1ccccc1. The van der Waals surface area contributed by atoms with Gasteiger partial charge < -0.3 is 0 Å². The van der Waals surface area contributed by atoms with Gasteiger partial charge >= 0.3 is 0 Å². The first-order valence-corrected chi connectivity index (χ1v) is 6.99. The van der Waals surface area contributed by atoms with Gasteiger partial charge in [-0.25, -0.2) is 13.1 Å². The standard InChI is InChI=1S/C12H19NO2S/c1-10(2)9-12(16(14,15)13-3)11-7-5-4-6-8-11/h4-8,10,12-13H,9H2,1-3H3. The summed E-state index contributed by atoms with van der Waals surface area (Å²) in [7, 11) is -1.79. The number of sulfonamides is 1. The van der Waals surface area contributed by atoms with Crippen LogP contribution >= 0.6 is 0 Å². The van der Waals surface area contributed by atoms with E-state index in [2.05, 4.69) is 4.72 Å². The highest BCUT2D eigenvalue weighted by Gasteiger charge is 2.26. The molecule has 0 aliphatic heterocycles. The lowest BCUT2D eigenvalue weighted by atomic mass is 10.0. The monoisotopic (exact) mass is 241 g/mol. The summed E-state index contributed by atoms with van der Waals surface area (Å²) in [6, 6.07) is 9.35. The molecule has 0 spiro atoms. The highest BCUT2D eigenvalue weighted by molar-refractivity contribution is 7.89. The molecular weight excluding hydrogens is 222 g/mol. The molecule has 3 nitrogen and oxygen atoms in total. The van der Waals surface area contributed by atoms with Crippen molar-refractivity contribution in [2.24, 2.45) is 5.92 Å². The van der Waals surface area contributed by atoms with E-state index < -0.39 is 15.3 Å². The molecule has 1 N–H and O–H groups in total. The summed E-state index contributed by atoms with van der Waals surface area (Å²) in [6.07, 6.45) is 0.632. The maximum atomic E-state index is 11.9. The average molecular weight is 241 g/mol. The Morgan fingerprint density at radius 3 is 2.19 bits per heavy atom. The van der Waals surface area contributed by atoms with Crippen molar-refractivity contribution < 1.29 is 8.42 Å². The number of benzene rings is 1. The normalized spacial score (nSPS) is 14.0. The molecule has 1 aromatic rings. The third-order valence-corrected chi connectivity index (χ3v) is 4.30. The minimum Gasteiger partial charge on any atom is -0.218 e. The first-order valence-electron chi connectivity index (χ1n) is 5.44. The van der Waals surface area contributed by atoms with Gasteiger partial charge in [0.15, 0.2) is 0 Å². The molecule has 1 aromatic carbocycles. The minimum absolute atomic E-state index is 0.341. The smallest absolute Gasteiger partial charge is 0.218 e. The average Bonchev–Trinajstić information content (AvgIpc) is 2.27. The Hall–Kier alpha value is -0.870. The highest BCUT2D eigenvalue weighted by Crippen LogP contribution is 2.28. The zero-order chi connectivity index (χ0) is 12.2. The lowest BCUT2D eigenvalue weighted by Gasteiger charge is -2.19. The van der Waals surface area contributed by atoms with Gasteiger partial charge in [-0.3, -0.25) is 0 Å². The zero-order valence-corrected chi connectivity index (χ0v) is 10.8. The summed E-state index contributed by atoms with van der Waals surface area (Å²) in [5, 5.41) is -0.460. The molecule has 0 saturated carbocycles. The molecule has 0 heterocycles. The second-order valence-corrected chi connectivity index (χ2v) is 6.35. The Bertz CT molecular complexity index is 412. The molecule has 16 heavy (non-hydrogen) atoms. The number of hydrogen-bond acceptors (Lipinski definition) is 2.